The van der Waals surface area contributed by atoms with Gasteiger partial charge in [0.1, 0.15) is 0 Å². The van der Waals surface area contributed by atoms with Crippen molar-refractivity contribution in [3.05, 3.63) is 0 Å². The summed E-state index contributed by atoms with van der Waals surface area (Å²) in [4.78, 5) is 27.4. The van der Waals surface area contributed by atoms with Gasteiger partial charge in [0.25, 0.3) is 0 Å². The van der Waals surface area contributed by atoms with Crippen LogP contribution in [0.4, 0.5) is 0 Å². The van der Waals surface area contributed by atoms with E-state index < -0.39 is 0 Å². The molecule has 2 unspecified atom stereocenters. The number of hydrogen-bond donors (Lipinski definition) is 0. The van der Waals surface area contributed by atoms with Gasteiger partial charge in [-0.1, -0.05) is 143 Å². The minimum atomic E-state index is -0.389. The van der Waals surface area contributed by atoms with Gasteiger partial charge in [0, 0.05) is 32.2 Å². The van der Waals surface area contributed by atoms with Crippen LogP contribution in [0.25, 0.3) is 0 Å². The number of carbonyl (C=O) groups excluding carboxylic acids is 2. The lowest BCUT2D eigenvalue weighted by atomic mass is 9.93. The quantitative estimate of drug-likeness (QED) is 0.0453. The minimum absolute atomic E-state index is 0.0120. The Labute approximate surface area is 347 Å². The van der Waals surface area contributed by atoms with E-state index >= 15 is 0 Å². The van der Waals surface area contributed by atoms with Gasteiger partial charge in [0.15, 0.2) is 5.79 Å². The second-order valence-electron chi connectivity index (χ2n) is 17.9. The standard InChI is InChI=1S/C49H93NO6/c1-5-9-29-44(30-10-6-2)41-47(51)53-39-27-21-17-14-13-15-19-23-34-49(55-43-46(56-49)33-38-50-36-25-26-37-50)35-24-20-16-18-22-28-40-54-48(52)42-45(31-11-7-3)32-12-8-4/h44-46H,5-43H2,1-4H3. The molecule has 0 aromatic rings. The van der Waals surface area contributed by atoms with Crippen LogP contribution in [0, 0.1) is 11.8 Å². The molecule has 0 amide bonds. The first kappa shape index (κ1) is 51.0. The first-order chi connectivity index (χ1) is 27.4. The van der Waals surface area contributed by atoms with Crippen molar-refractivity contribution in [1.29, 1.82) is 0 Å². The molecule has 2 saturated heterocycles. The van der Waals surface area contributed by atoms with E-state index in [1.807, 2.05) is 0 Å². The second-order valence-corrected chi connectivity index (χ2v) is 17.9. The van der Waals surface area contributed by atoms with Crippen molar-refractivity contribution in [1.82, 2.24) is 4.90 Å². The number of esters is 2. The van der Waals surface area contributed by atoms with Crippen molar-refractivity contribution in [2.45, 2.75) is 251 Å². The molecule has 7 heteroatoms. The van der Waals surface area contributed by atoms with Gasteiger partial charge in [0.05, 0.1) is 25.9 Å². The van der Waals surface area contributed by atoms with Crippen molar-refractivity contribution in [2.24, 2.45) is 11.8 Å². The maximum absolute atomic E-state index is 12.4. The Morgan fingerprint density at radius 3 is 1.38 bits per heavy atom. The average Bonchev–Trinajstić information content (AvgIpc) is 3.88. The number of likely N-dealkylation sites (tertiary alicyclic amines) is 1. The second kappa shape index (κ2) is 34.7. The topological polar surface area (TPSA) is 74.3 Å². The molecular formula is C49H93NO6. The maximum atomic E-state index is 12.4. The number of unbranched alkanes of at least 4 members (excludes halogenated alkanes) is 16. The van der Waals surface area contributed by atoms with Crippen LogP contribution in [0.5, 0.6) is 0 Å². The summed E-state index contributed by atoms with van der Waals surface area (Å²) in [6, 6.07) is 0. The van der Waals surface area contributed by atoms with Crippen LogP contribution < -0.4 is 0 Å². The molecule has 0 N–H and O–H groups in total. The summed E-state index contributed by atoms with van der Waals surface area (Å²) in [5.41, 5.74) is 0. The van der Waals surface area contributed by atoms with E-state index in [2.05, 4.69) is 32.6 Å². The molecule has 2 heterocycles. The lowest BCUT2D eigenvalue weighted by molar-refractivity contribution is -0.180. The summed E-state index contributed by atoms with van der Waals surface area (Å²) in [6.45, 7) is 14.4. The molecule has 2 fully saturated rings. The Balaban J connectivity index is 1.58. The van der Waals surface area contributed by atoms with Gasteiger partial charge in [-0.25, -0.2) is 0 Å². The fourth-order valence-electron chi connectivity index (χ4n) is 8.87. The minimum Gasteiger partial charge on any atom is -0.466 e. The lowest BCUT2D eigenvalue weighted by Gasteiger charge is -2.29. The van der Waals surface area contributed by atoms with Gasteiger partial charge in [-0.15, -0.1) is 0 Å². The van der Waals surface area contributed by atoms with Crippen LogP contribution in [0.15, 0.2) is 0 Å². The van der Waals surface area contributed by atoms with E-state index in [-0.39, 0.29) is 23.8 Å². The zero-order chi connectivity index (χ0) is 40.4. The Kier molecular flexibility index (Phi) is 31.5. The number of ether oxygens (including phenoxy) is 4. The highest BCUT2D eigenvalue weighted by Gasteiger charge is 2.40. The molecule has 0 aromatic heterocycles. The Morgan fingerprint density at radius 2 is 0.964 bits per heavy atom. The predicted molar refractivity (Wildman–Crippen MR) is 234 cm³/mol. The van der Waals surface area contributed by atoms with Crippen molar-refractivity contribution in [3.8, 4) is 0 Å². The normalized spacial score (nSPS) is 18.8. The highest BCUT2D eigenvalue weighted by atomic mass is 16.7. The van der Waals surface area contributed by atoms with Crippen molar-refractivity contribution < 1.29 is 28.5 Å². The number of nitrogens with zero attached hydrogens (tertiary/aromatic N) is 1. The van der Waals surface area contributed by atoms with Crippen molar-refractivity contribution in [2.75, 3.05) is 39.5 Å². The Bertz CT molecular complexity index is 908. The molecule has 0 radical (unpaired) electrons. The summed E-state index contributed by atoms with van der Waals surface area (Å²) < 4.78 is 24.6. The van der Waals surface area contributed by atoms with E-state index in [1.54, 1.807) is 0 Å². The largest absolute Gasteiger partial charge is 0.466 e. The summed E-state index contributed by atoms with van der Waals surface area (Å²) in [5.74, 6) is 0.643. The number of carbonyl (C=O) groups is 2. The third-order valence-electron chi connectivity index (χ3n) is 12.6. The van der Waals surface area contributed by atoms with Gasteiger partial charge in [0.2, 0.25) is 0 Å². The molecule has 0 bridgehead atoms. The zero-order valence-corrected chi connectivity index (χ0v) is 37.7. The van der Waals surface area contributed by atoms with E-state index in [9.17, 15) is 9.59 Å². The Morgan fingerprint density at radius 1 is 0.571 bits per heavy atom. The van der Waals surface area contributed by atoms with E-state index in [4.69, 9.17) is 18.9 Å². The van der Waals surface area contributed by atoms with Crippen LogP contribution in [-0.4, -0.2) is 68.2 Å². The molecule has 0 saturated carbocycles. The van der Waals surface area contributed by atoms with Gasteiger partial charge >= 0.3 is 11.9 Å². The SMILES string of the molecule is CCCCC(CCCC)CC(=O)OCCCCCCCCCCC1(CCCCCCCCOC(=O)CC(CCCC)CCCC)OCC(CCN2CCCC2)O1. The molecule has 0 aliphatic carbocycles. The van der Waals surface area contributed by atoms with Crippen LogP contribution in [-0.2, 0) is 28.5 Å². The summed E-state index contributed by atoms with van der Waals surface area (Å²) >= 11 is 0. The van der Waals surface area contributed by atoms with E-state index in [0.29, 0.717) is 37.9 Å². The fraction of sp³-hybridized carbons (Fsp3) is 0.959. The van der Waals surface area contributed by atoms with E-state index in [0.717, 1.165) is 90.2 Å². The molecule has 2 aliphatic heterocycles. The van der Waals surface area contributed by atoms with Gasteiger partial charge in [-0.2, -0.15) is 0 Å². The molecule has 330 valence electrons. The molecule has 2 atom stereocenters. The van der Waals surface area contributed by atoms with Gasteiger partial charge < -0.3 is 23.8 Å². The Hall–Kier alpha value is -1.18. The van der Waals surface area contributed by atoms with Crippen LogP contribution in [0.3, 0.4) is 0 Å². The summed E-state index contributed by atoms with van der Waals surface area (Å²) in [7, 11) is 0. The number of rotatable bonds is 39. The van der Waals surface area contributed by atoms with Gasteiger partial charge in [-0.05, 0) is 95.6 Å². The molecule has 56 heavy (non-hydrogen) atoms. The highest BCUT2D eigenvalue weighted by Crippen LogP contribution is 2.36. The zero-order valence-electron chi connectivity index (χ0n) is 37.7. The van der Waals surface area contributed by atoms with Crippen molar-refractivity contribution in [3.63, 3.8) is 0 Å². The third kappa shape index (κ3) is 26.0. The molecule has 0 aromatic carbocycles. The molecule has 7 nitrogen and oxygen atoms in total. The summed E-state index contributed by atoms with van der Waals surface area (Å²) in [6.07, 6.45) is 38.0. The van der Waals surface area contributed by atoms with Gasteiger partial charge in [-0.3, -0.25) is 9.59 Å². The molecule has 2 aliphatic rings. The first-order valence-electron chi connectivity index (χ1n) is 24.8. The van der Waals surface area contributed by atoms with Crippen LogP contribution in [0.2, 0.25) is 0 Å². The monoisotopic (exact) mass is 792 g/mol. The van der Waals surface area contributed by atoms with Crippen molar-refractivity contribution >= 4 is 11.9 Å². The van der Waals surface area contributed by atoms with E-state index in [1.165, 1.54) is 135 Å². The molecule has 2 rings (SSSR count). The highest BCUT2D eigenvalue weighted by molar-refractivity contribution is 5.70. The predicted octanol–water partition coefficient (Wildman–Crippen LogP) is 13.7. The lowest BCUT2D eigenvalue weighted by Crippen LogP contribution is -2.32. The third-order valence-corrected chi connectivity index (χ3v) is 12.6. The molecular weight excluding hydrogens is 699 g/mol. The number of hydrogen-bond acceptors (Lipinski definition) is 7. The fourth-order valence-corrected chi connectivity index (χ4v) is 8.87. The van der Waals surface area contributed by atoms with Crippen LogP contribution in [0.1, 0.15) is 240 Å². The van der Waals surface area contributed by atoms with Crippen LogP contribution >= 0.6 is 0 Å². The first-order valence-corrected chi connectivity index (χ1v) is 24.8. The maximum Gasteiger partial charge on any atom is 0.306 e. The average molecular weight is 792 g/mol. The summed E-state index contributed by atoms with van der Waals surface area (Å²) in [5, 5.41) is 0. The molecule has 0 spiro atoms. The smallest absolute Gasteiger partial charge is 0.306 e.